The van der Waals surface area contributed by atoms with Gasteiger partial charge in [-0.2, -0.15) is 11.8 Å². The summed E-state index contributed by atoms with van der Waals surface area (Å²) < 4.78 is 6.26. The normalized spacial score (nSPS) is 12.8. The Labute approximate surface area is 108 Å². The van der Waals surface area contributed by atoms with Crippen LogP contribution in [0.1, 0.15) is 11.8 Å². The summed E-state index contributed by atoms with van der Waals surface area (Å²) in [5, 5.41) is 5.04. The van der Waals surface area contributed by atoms with Crippen molar-refractivity contribution in [1.82, 2.24) is 5.32 Å². The number of hydrogen-bond donors (Lipinski definition) is 1. The largest absolute Gasteiger partial charge is 0.486 e. The van der Waals surface area contributed by atoms with Crippen molar-refractivity contribution in [3.8, 4) is 5.06 Å². The van der Waals surface area contributed by atoms with E-state index in [1.54, 1.807) is 18.4 Å². The fourth-order valence-electron chi connectivity index (χ4n) is 1.11. The maximum Gasteiger partial charge on any atom is 0.188 e. The van der Waals surface area contributed by atoms with Crippen LogP contribution in [-0.2, 0) is 6.54 Å². The molecule has 0 aliphatic rings. The summed E-state index contributed by atoms with van der Waals surface area (Å²) in [5.74, 6) is 0. The van der Waals surface area contributed by atoms with E-state index in [1.807, 2.05) is 11.8 Å². The van der Waals surface area contributed by atoms with E-state index in [1.165, 1.54) is 4.88 Å². The quantitative estimate of drug-likeness (QED) is 0.870. The van der Waals surface area contributed by atoms with Crippen molar-refractivity contribution in [2.75, 3.05) is 19.9 Å². The average molecular weight is 310 g/mol. The van der Waals surface area contributed by atoms with Gasteiger partial charge >= 0.3 is 0 Å². The molecule has 1 aromatic rings. The van der Waals surface area contributed by atoms with Crippen molar-refractivity contribution in [3.63, 3.8) is 0 Å². The van der Waals surface area contributed by atoms with E-state index in [0.717, 1.165) is 22.6 Å². The molecule has 0 saturated heterocycles. The molecule has 0 amide bonds. The van der Waals surface area contributed by atoms with Gasteiger partial charge in [0.05, 0.1) is 11.6 Å². The second-order valence-electron chi connectivity index (χ2n) is 3.23. The van der Waals surface area contributed by atoms with Gasteiger partial charge < -0.3 is 10.1 Å². The summed E-state index contributed by atoms with van der Waals surface area (Å²) in [6, 6.07) is 2.11. The maximum atomic E-state index is 5.21. The number of hydrogen-bond acceptors (Lipinski definition) is 4. The molecule has 0 bridgehead atoms. The van der Waals surface area contributed by atoms with Gasteiger partial charge in [0.1, 0.15) is 0 Å². The minimum atomic E-state index is 0.662. The van der Waals surface area contributed by atoms with Crippen molar-refractivity contribution < 1.29 is 4.74 Å². The lowest BCUT2D eigenvalue weighted by Gasteiger charge is -2.08. The highest BCUT2D eigenvalue weighted by Gasteiger charge is 2.06. The first-order chi connectivity index (χ1) is 7.17. The van der Waals surface area contributed by atoms with Gasteiger partial charge in [0.15, 0.2) is 5.06 Å². The van der Waals surface area contributed by atoms with Crippen LogP contribution < -0.4 is 10.1 Å². The number of nitrogens with one attached hydrogen (secondary N) is 1. The summed E-state index contributed by atoms with van der Waals surface area (Å²) in [4.78, 5) is 1.30. The molecular formula is C10H16BrNOS2. The number of methoxy groups -OCH3 is 1. The second kappa shape index (κ2) is 6.78. The SMILES string of the molecule is COc1sc(CNCC(C)SC)cc1Br. The van der Waals surface area contributed by atoms with E-state index in [-0.39, 0.29) is 0 Å². The van der Waals surface area contributed by atoms with Crippen LogP contribution in [0.25, 0.3) is 0 Å². The predicted octanol–water partition coefficient (Wildman–Crippen LogP) is 3.36. The van der Waals surface area contributed by atoms with Gasteiger partial charge in [-0.05, 0) is 28.3 Å². The van der Waals surface area contributed by atoms with E-state index in [4.69, 9.17) is 4.74 Å². The fourth-order valence-corrected chi connectivity index (χ4v) is 3.05. The highest BCUT2D eigenvalue weighted by Crippen LogP contribution is 2.34. The van der Waals surface area contributed by atoms with Crippen molar-refractivity contribution in [2.45, 2.75) is 18.7 Å². The lowest BCUT2D eigenvalue weighted by Crippen LogP contribution is -2.21. The zero-order chi connectivity index (χ0) is 11.3. The molecule has 1 rings (SSSR count). The Kier molecular flexibility index (Phi) is 6.04. The Morgan fingerprint density at radius 1 is 1.67 bits per heavy atom. The standard InChI is InChI=1S/C10H16BrNOS2/c1-7(14-3)5-12-6-8-4-9(11)10(13-2)15-8/h4,7,12H,5-6H2,1-3H3. The van der Waals surface area contributed by atoms with Gasteiger partial charge in [-0.15, -0.1) is 11.3 Å². The molecule has 0 spiro atoms. The molecule has 0 radical (unpaired) electrons. The van der Waals surface area contributed by atoms with E-state index < -0.39 is 0 Å². The maximum absolute atomic E-state index is 5.21. The highest BCUT2D eigenvalue weighted by molar-refractivity contribution is 9.10. The Morgan fingerprint density at radius 3 is 2.93 bits per heavy atom. The number of thiophene rings is 1. The van der Waals surface area contributed by atoms with Crippen LogP contribution in [0.15, 0.2) is 10.5 Å². The van der Waals surface area contributed by atoms with Crippen LogP contribution in [0.5, 0.6) is 5.06 Å². The summed E-state index contributed by atoms with van der Waals surface area (Å²) in [6.45, 7) is 4.18. The fraction of sp³-hybridized carbons (Fsp3) is 0.600. The third-order valence-corrected chi connectivity index (χ3v) is 4.94. The molecule has 1 aromatic heterocycles. The summed E-state index contributed by atoms with van der Waals surface area (Å²) in [7, 11) is 1.70. The van der Waals surface area contributed by atoms with E-state index >= 15 is 0 Å². The highest BCUT2D eigenvalue weighted by atomic mass is 79.9. The molecule has 86 valence electrons. The molecule has 0 aliphatic carbocycles. The molecule has 2 nitrogen and oxygen atoms in total. The molecule has 5 heteroatoms. The molecule has 1 heterocycles. The Morgan fingerprint density at radius 2 is 2.40 bits per heavy atom. The lowest BCUT2D eigenvalue weighted by molar-refractivity contribution is 0.425. The minimum Gasteiger partial charge on any atom is -0.486 e. The molecule has 0 fully saturated rings. The van der Waals surface area contributed by atoms with Crippen molar-refractivity contribution in [3.05, 3.63) is 15.4 Å². The van der Waals surface area contributed by atoms with Gasteiger partial charge in [0, 0.05) is 23.2 Å². The molecule has 15 heavy (non-hydrogen) atoms. The van der Waals surface area contributed by atoms with Crippen molar-refractivity contribution in [1.29, 1.82) is 0 Å². The van der Waals surface area contributed by atoms with Crippen LogP contribution in [0.3, 0.4) is 0 Å². The zero-order valence-electron chi connectivity index (χ0n) is 9.17. The Hall–Kier alpha value is 0.290. The Bertz CT molecular complexity index is 304. The number of rotatable bonds is 6. The monoisotopic (exact) mass is 309 g/mol. The summed E-state index contributed by atoms with van der Waals surface area (Å²) in [5.41, 5.74) is 0. The second-order valence-corrected chi connectivity index (χ2v) is 6.46. The van der Waals surface area contributed by atoms with Crippen molar-refractivity contribution in [2.24, 2.45) is 0 Å². The number of thioether (sulfide) groups is 1. The van der Waals surface area contributed by atoms with E-state index in [9.17, 15) is 0 Å². The third kappa shape index (κ3) is 4.34. The molecule has 0 aromatic carbocycles. The van der Waals surface area contributed by atoms with E-state index in [0.29, 0.717) is 5.25 Å². The molecule has 1 atom stereocenters. The van der Waals surface area contributed by atoms with E-state index in [2.05, 4.69) is 40.5 Å². The van der Waals surface area contributed by atoms with Crippen LogP contribution in [-0.4, -0.2) is 25.2 Å². The summed E-state index contributed by atoms with van der Waals surface area (Å²) >= 11 is 7.03. The van der Waals surface area contributed by atoms with Gasteiger partial charge in [-0.3, -0.25) is 0 Å². The minimum absolute atomic E-state index is 0.662. The smallest absolute Gasteiger partial charge is 0.188 e. The number of ether oxygens (including phenoxy) is 1. The first-order valence-electron chi connectivity index (χ1n) is 4.73. The van der Waals surface area contributed by atoms with Crippen LogP contribution in [0.4, 0.5) is 0 Å². The lowest BCUT2D eigenvalue weighted by atomic mass is 10.4. The van der Waals surface area contributed by atoms with Crippen molar-refractivity contribution >= 4 is 39.0 Å². The molecule has 1 unspecified atom stereocenters. The topological polar surface area (TPSA) is 21.3 Å². The van der Waals surface area contributed by atoms with Gasteiger partial charge in [-0.1, -0.05) is 6.92 Å². The first kappa shape index (κ1) is 13.4. The Balaban J connectivity index is 2.37. The number of halogens is 1. The molecular weight excluding hydrogens is 294 g/mol. The molecule has 0 aliphatic heterocycles. The summed E-state index contributed by atoms with van der Waals surface area (Å²) in [6.07, 6.45) is 2.14. The molecule has 1 N–H and O–H groups in total. The third-order valence-electron chi connectivity index (χ3n) is 2.03. The zero-order valence-corrected chi connectivity index (χ0v) is 12.4. The van der Waals surface area contributed by atoms with Crippen LogP contribution >= 0.6 is 39.0 Å². The molecule has 0 saturated carbocycles. The average Bonchev–Trinajstić information content (AvgIpc) is 2.58. The van der Waals surface area contributed by atoms with Gasteiger partial charge in [-0.25, -0.2) is 0 Å². The predicted molar refractivity (Wildman–Crippen MR) is 73.3 cm³/mol. The van der Waals surface area contributed by atoms with Crippen LogP contribution in [0, 0.1) is 0 Å². The van der Waals surface area contributed by atoms with Crippen LogP contribution in [0.2, 0.25) is 0 Å². The first-order valence-corrected chi connectivity index (χ1v) is 7.62. The van der Waals surface area contributed by atoms with Gasteiger partial charge in [0.25, 0.3) is 0 Å². The van der Waals surface area contributed by atoms with Gasteiger partial charge in [0.2, 0.25) is 0 Å².